The average molecular weight is 517 g/mol. The largest absolute Gasteiger partial charge is 0.497 e. The van der Waals surface area contributed by atoms with Crippen molar-refractivity contribution in [3.05, 3.63) is 82.3 Å². The lowest BCUT2D eigenvalue weighted by Gasteiger charge is -2.28. The van der Waals surface area contributed by atoms with Crippen LogP contribution in [-0.2, 0) is 23.9 Å². The van der Waals surface area contributed by atoms with Gasteiger partial charge in [0, 0.05) is 25.4 Å². The van der Waals surface area contributed by atoms with Crippen LogP contribution in [-0.4, -0.2) is 38.2 Å². The SMILES string of the molecule is COc1ccc(CN(Cc2ccc(OC)cc2)c2cc(=O)n3c4nc(ncc24)S(=O)C2CCCC23)cc1. The Bertz CT molecular complexity index is 1490. The molecule has 0 N–H and O–H groups in total. The first-order chi connectivity index (χ1) is 18.1. The highest BCUT2D eigenvalue weighted by Crippen LogP contribution is 2.39. The molecule has 0 radical (unpaired) electrons. The maximum Gasteiger partial charge on any atom is 0.254 e. The fourth-order valence-corrected chi connectivity index (χ4v) is 7.01. The topological polar surface area (TPSA) is 86.6 Å². The Kier molecular flexibility index (Phi) is 6.16. The van der Waals surface area contributed by atoms with Gasteiger partial charge in [0.15, 0.2) is 0 Å². The van der Waals surface area contributed by atoms with E-state index in [1.807, 2.05) is 48.5 Å². The smallest absolute Gasteiger partial charge is 0.254 e. The third-order valence-electron chi connectivity index (χ3n) is 7.36. The number of pyridine rings is 1. The standard InChI is InChI=1S/C28H28N4O4S/c1-35-20-10-6-18(7-11-20)16-31(17-19-8-12-21(36-2)13-9-19)24-14-26(33)32-23-4-3-5-25(23)37(34)28-29-15-22(24)27(32)30-28/h6-15,23,25H,3-5,16-17H2,1-2H3. The number of benzene rings is 2. The van der Waals surface area contributed by atoms with Crippen LogP contribution in [0, 0.1) is 0 Å². The van der Waals surface area contributed by atoms with E-state index in [9.17, 15) is 9.00 Å². The Morgan fingerprint density at radius 3 is 2.19 bits per heavy atom. The number of anilines is 1. The van der Waals surface area contributed by atoms with Crippen molar-refractivity contribution in [3.8, 4) is 11.5 Å². The zero-order valence-electron chi connectivity index (χ0n) is 20.8. The lowest BCUT2D eigenvalue weighted by Crippen LogP contribution is -2.31. The van der Waals surface area contributed by atoms with Crippen LogP contribution in [0.25, 0.3) is 11.0 Å². The molecule has 9 heteroatoms. The van der Waals surface area contributed by atoms with Crippen molar-refractivity contribution in [2.24, 2.45) is 0 Å². The first-order valence-electron chi connectivity index (χ1n) is 12.4. The minimum absolute atomic E-state index is 0.114. The number of hydrogen-bond donors (Lipinski definition) is 0. The number of fused-ring (bicyclic) bond motifs is 3. The molecular weight excluding hydrogens is 488 g/mol. The molecule has 1 fully saturated rings. The molecule has 0 saturated heterocycles. The minimum atomic E-state index is -1.32. The van der Waals surface area contributed by atoms with E-state index in [1.54, 1.807) is 31.0 Å². The Hall–Kier alpha value is -3.72. The van der Waals surface area contributed by atoms with Gasteiger partial charge in [-0.2, -0.15) is 0 Å². The van der Waals surface area contributed by atoms with Gasteiger partial charge in [0.1, 0.15) is 17.1 Å². The quantitative estimate of drug-likeness (QED) is 0.340. The van der Waals surface area contributed by atoms with Gasteiger partial charge in [-0.05, 0) is 48.2 Å². The normalized spacial score (nSPS) is 20.0. The summed E-state index contributed by atoms with van der Waals surface area (Å²) in [5.74, 6) is 1.58. The number of hydrogen-bond acceptors (Lipinski definition) is 7. The highest BCUT2D eigenvalue weighted by molar-refractivity contribution is 7.85. The van der Waals surface area contributed by atoms with E-state index < -0.39 is 10.8 Å². The molecule has 2 aliphatic rings. The van der Waals surface area contributed by atoms with Gasteiger partial charge >= 0.3 is 0 Å². The van der Waals surface area contributed by atoms with E-state index in [0.29, 0.717) is 23.9 Å². The molecule has 0 amide bonds. The number of aromatic nitrogens is 3. The molecule has 2 aromatic heterocycles. The van der Waals surface area contributed by atoms with Gasteiger partial charge in [0.25, 0.3) is 5.56 Å². The Labute approximate surface area is 217 Å². The summed E-state index contributed by atoms with van der Waals surface area (Å²) in [5, 5.41) is 0.986. The Morgan fingerprint density at radius 1 is 0.973 bits per heavy atom. The van der Waals surface area contributed by atoms with Gasteiger partial charge in [0.05, 0.1) is 47.4 Å². The number of methoxy groups -OCH3 is 2. The number of nitrogens with zero attached hydrogens (tertiary/aromatic N) is 4. The van der Waals surface area contributed by atoms with Crippen molar-refractivity contribution < 1.29 is 13.7 Å². The third-order valence-corrected chi connectivity index (χ3v) is 9.01. The molecule has 3 unspecified atom stereocenters. The maximum absolute atomic E-state index is 13.6. The van der Waals surface area contributed by atoms with Crippen molar-refractivity contribution in [2.45, 2.75) is 48.8 Å². The van der Waals surface area contributed by atoms with Gasteiger partial charge in [-0.25, -0.2) is 9.97 Å². The molecule has 2 aromatic carbocycles. The average Bonchev–Trinajstić information content (AvgIpc) is 3.38. The second-order valence-electron chi connectivity index (χ2n) is 9.51. The Morgan fingerprint density at radius 2 is 1.59 bits per heavy atom. The van der Waals surface area contributed by atoms with Crippen molar-refractivity contribution >= 4 is 27.5 Å². The van der Waals surface area contributed by atoms with E-state index in [0.717, 1.165) is 53.0 Å². The van der Waals surface area contributed by atoms with Gasteiger partial charge in [-0.15, -0.1) is 0 Å². The second kappa shape index (κ2) is 9.63. The van der Waals surface area contributed by atoms with Gasteiger partial charge < -0.3 is 14.4 Å². The van der Waals surface area contributed by atoms with Gasteiger partial charge in [0.2, 0.25) is 5.16 Å². The summed E-state index contributed by atoms with van der Waals surface area (Å²) in [6.07, 6.45) is 4.32. The van der Waals surface area contributed by atoms with Gasteiger partial charge in [-0.1, -0.05) is 30.7 Å². The molecule has 3 heterocycles. The Balaban J connectivity index is 1.48. The molecule has 1 aliphatic heterocycles. The summed E-state index contributed by atoms with van der Waals surface area (Å²) < 4.78 is 25.6. The van der Waals surface area contributed by atoms with Crippen LogP contribution in [0.4, 0.5) is 5.69 Å². The summed E-state index contributed by atoms with van der Waals surface area (Å²) in [7, 11) is 1.97. The molecule has 2 bridgehead atoms. The fraction of sp³-hybridized carbons (Fsp3) is 0.321. The molecule has 4 aromatic rings. The molecule has 6 rings (SSSR count). The lowest BCUT2D eigenvalue weighted by atomic mass is 10.1. The van der Waals surface area contributed by atoms with E-state index in [4.69, 9.17) is 9.47 Å². The predicted molar refractivity (Wildman–Crippen MR) is 143 cm³/mol. The molecule has 37 heavy (non-hydrogen) atoms. The summed E-state index contributed by atoms with van der Waals surface area (Å²) >= 11 is 0. The molecule has 1 aliphatic carbocycles. The first kappa shape index (κ1) is 23.7. The first-order valence-corrected chi connectivity index (χ1v) is 13.6. The highest BCUT2D eigenvalue weighted by Gasteiger charge is 2.39. The van der Waals surface area contributed by atoms with E-state index in [-0.39, 0.29) is 16.9 Å². The maximum atomic E-state index is 13.6. The van der Waals surface area contributed by atoms with Crippen LogP contribution < -0.4 is 19.9 Å². The monoisotopic (exact) mass is 516 g/mol. The van der Waals surface area contributed by atoms with E-state index in [2.05, 4.69) is 14.9 Å². The summed E-state index contributed by atoms with van der Waals surface area (Å²) in [4.78, 5) is 25.0. The summed E-state index contributed by atoms with van der Waals surface area (Å²) in [6.45, 7) is 1.13. The van der Waals surface area contributed by atoms with Crippen LogP contribution in [0.5, 0.6) is 11.5 Å². The predicted octanol–water partition coefficient (Wildman–Crippen LogP) is 4.23. The van der Waals surface area contributed by atoms with Crippen LogP contribution >= 0.6 is 0 Å². The summed E-state index contributed by atoms with van der Waals surface area (Å²) in [5.41, 5.74) is 3.37. The van der Waals surface area contributed by atoms with Crippen molar-refractivity contribution in [3.63, 3.8) is 0 Å². The van der Waals surface area contributed by atoms with Crippen molar-refractivity contribution in [2.75, 3.05) is 19.1 Å². The van der Waals surface area contributed by atoms with Crippen LogP contribution in [0.15, 0.2) is 70.7 Å². The lowest BCUT2D eigenvalue weighted by molar-refractivity contribution is 0.414. The zero-order valence-corrected chi connectivity index (χ0v) is 21.6. The van der Waals surface area contributed by atoms with Crippen LogP contribution in [0.1, 0.15) is 36.4 Å². The van der Waals surface area contributed by atoms with E-state index >= 15 is 0 Å². The van der Waals surface area contributed by atoms with Crippen LogP contribution in [0.3, 0.4) is 0 Å². The van der Waals surface area contributed by atoms with Crippen molar-refractivity contribution in [1.29, 1.82) is 0 Å². The molecule has 3 atom stereocenters. The third kappa shape index (κ3) is 4.27. The second-order valence-corrected chi connectivity index (χ2v) is 11.1. The molecule has 1 saturated carbocycles. The van der Waals surface area contributed by atoms with Crippen LogP contribution in [0.2, 0.25) is 0 Å². The molecule has 190 valence electrons. The minimum Gasteiger partial charge on any atom is -0.497 e. The fourth-order valence-electron chi connectivity index (χ4n) is 5.49. The molecular formula is C28H28N4O4S. The molecule has 0 spiro atoms. The number of rotatable bonds is 7. The van der Waals surface area contributed by atoms with E-state index in [1.165, 1.54) is 0 Å². The zero-order chi connectivity index (χ0) is 25.5. The highest BCUT2D eigenvalue weighted by atomic mass is 32.2. The summed E-state index contributed by atoms with van der Waals surface area (Å²) in [6, 6.07) is 17.4. The number of ether oxygens (including phenoxy) is 2. The van der Waals surface area contributed by atoms with Gasteiger partial charge in [-0.3, -0.25) is 13.6 Å². The molecule has 8 nitrogen and oxygen atoms in total. The van der Waals surface area contributed by atoms with Crippen molar-refractivity contribution in [1.82, 2.24) is 14.5 Å².